The lowest BCUT2D eigenvalue weighted by Crippen LogP contribution is -2.03. The molecule has 0 fully saturated rings. The van der Waals surface area contributed by atoms with Crippen molar-refractivity contribution in [2.45, 2.75) is 13.3 Å². The molecular weight excluding hydrogens is 190 g/mol. The minimum atomic E-state index is -0.622. The zero-order valence-corrected chi connectivity index (χ0v) is 7.72. The molecule has 0 unspecified atom stereocenters. The Labute approximate surface area is 80.5 Å². The van der Waals surface area contributed by atoms with Crippen LogP contribution in [0.4, 0.5) is 8.78 Å². The van der Waals surface area contributed by atoms with Gasteiger partial charge in [0.1, 0.15) is 11.6 Å². The molecule has 0 aromatic heterocycles. The number of carbonyl (C=O) groups excluding carboxylic acids is 1. The van der Waals surface area contributed by atoms with Gasteiger partial charge in [-0.15, -0.1) is 0 Å². The molecule has 2 nitrogen and oxygen atoms in total. The summed E-state index contributed by atoms with van der Waals surface area (Å²) in [6, 6.07) is 3.23. The van der Waals surface area contributed by atoms with Gasteiger partial charge >= 0.3 is 5.97 Å². The predicted octanol–water partition coefficient (Wildman–Crippen LogP) is 2.07. The van der Waals surface area contributed by atoms with Crippen molar-refractivity contribution in [2.75, 3.05) is 6.61 Å². The van der Waals surface area contributed by atoms with E-state index in [1.165, 1.54) is 19.1 Å². The van der Waals surface area contributed by atoms with Crippen LogP contribution in [0.15, 0.2) is 18.2 Å². The van der Waals surface area contributed by atoms with Crippen LogP contribution in [0.3, 0.4) is 0 Å². The highest BCUT2D eigenvalue weighted by Gasteiger charge is 2.01. The predicted molar refractivity (Wildman–Crippen MR) is 46.7 cm³/mol. The van der Waals surface area contributed by atoms with E-state index in [-0.39, 0.29) is 6.61 Å². The molecular formula is C10H10F2O2. The Kier molecular flexibility index (Phi) is 3.56. The highest BCUT2D eigenvalue weighted by Crippen LogP contribution is 2.08. The maximum absolute atomic E-state index is 12.7. The second-order valence-corrected chi connectivity index (χ2v) is 2.87. The van der Waals surface area contributed by atoms with Crippen LogP contribution in [0.1, 0.15) is 12.5 Å². The minimum absolute atomic E-state index is 0.137. The van der Waals surface area contributed by atoms with E-state index >= 15 is 0 Å². The van der Waals surface area contributed by atoms with Gasteiger partial charge in [0.25, 0.3) is 0 Å². The monoisotopic (exact) mass is 200 g/mol. The van der Waals surface area contributed by atoms with Crippen molar-refractivity contribution in [3.63, 3.8) is 0 Å². The summed E-state index contributed by atoms with van der Waals surface area (Å²) in [5.41, 5.74) is 0.476. The molecule has 4 heteroatoms. The SMILES string of the molecule is CC(=O)OCCc1cc(F)cc(F)c1. The topological polar surface area (TPSA) is 26.3 Å². The molecule has 76 valence electrons. The summed E-state index contributed by atoms with van der Waals surface area (Å²) in [7, 11) is 0. The summed E-state index contributed by atoms with van der Waals surface area (Å²) in [4.78, 5) is 10.4. The molecule has 1 rings (SSSR count). The molecule has 0 atom stereocenters. The highest BCUT2D eigenvalue weighted by atomic mass is 19.1. The number of ether oxygens (including phenoxy) is 1. The first-order valence-corrected chi connectivity index (χ1v) is 4.16. The molecule has 1 aromatic carbocycles. The fourth-order valence-corrected chi connectivity index (χ4v) is 1.07. The first-order chi connectivity index (χ1) is 6.58. The molecule has 0 aliphatic rings. The first kappa shape index (κ1) is 10.6. The van der Waals surface area contributed by atoms with Crippen LogP contribution >= 0.6 is 0 Å². The Morgan fingerprint density at radius 1 is 1.29 bits per heavy atom. The average Bonchev–Trinajstić information content (AvgIpc) is 2.01. The number of carbonyl (C=O) groups is 1. The summed E-state index contributed by atoms with van der Waals surface area (Å²) >= 11 is 0. The van der Waals surface area contributed by atoms with Gasteiger partial charge in [-0.25, -0.2) is 8.78 Å². The molecule has 0 aliphatic carbocycles. The zero-order valence-electron chi connectivity index (χ0n) is 7.72. The minimum Gasteiger partial charge on any atom is -0.466 e. The molecule has 14 heavy (non-hydrogen) atoms. The summed E-state index contributed by atoms with van der Waals surface area (Å²) < 4.78 is 30.0. The number of halogens is 2. The van der Waals surface area contributed by atoms with Crippen LogP contribution in [0.25, 0.3) is 0 Å². The molecule has 0 amide bonds. The maximum atomic E-state index is 12.7. The van der Waals surface area contributed by atoms with Crippen molar-refractivity contribution < 1.29 is 18.3 Å². The van der Waals surface area contributed by atoms with Crippen molar-refractivity contribution >= 4 is 5.97 Å². The lowest BCUT2D eigenvalue weighted by atomic mass is 10.1. The maximum Gasteiger partial charge on any atom is 0.302 e. The van der Waals surface area contributed by atoms with E-state index in [9.17, 15) is 13.6 Å². The van der Waals surface area contributed by atoms with E-state index < -0.39 is 17.6 Å². The van der Waals surface area contributed by atoms with Gasteiger partial charge < -0.3 is 4.74 Å². The van der Waals surface area contributed by atoms with Crippen LogP contribution in [-0.2, 0) is 16.0 Å². The largest absolute Gasteiger partial charge is 0.466 e. The third kappa shape index (κ3) is 3.51. The van der Waals surface area contributed by atoms with Gasteiger partial charge in [0.15, 0.2) is 0 Å². The van der Waals surface area contributed by atoms with Crippen LogP contribution in [0.2, 0.25) is 0 Å². The van der Waals surface area contributed by atoms with Gasteiger partial charge in [0, 0.05) is 19.4 Å². The van der Waals surface area contributed by atoms with E-state index in [4.69, 9.17) is 0 Å². The molecule has 0 saturated carbocycles. The number of esters is 1. The third-order valence-electron chi connectivity index (χ3n) is 1.62. The van der Waals surface area contributed by atoms with E-state index in [0.29, 0.717) is 12.0 Å². The van der Waals surface area contributed by atoms with E-state index in [1.807, 2.05) is 0 Å². The van der Waals surface area contributed by atoms with Crippen molar-refractivity contribution in [3.8, 4) is 0 Å². The highest BCUT2D eigenvalue weighted by molar-refractivity contribution is 5.65. The molecule has 1 aromatic rings. The van der Waals surface area contributed by atoms with Crippen LogP contribution in [-0.4, -0.2) is 12.6 Å². The molecule has 0 spiro atoms. The van der Waals surface area contributed by atoms with E-state index in [2.05, 4.69) is 4.74 Å². The second kappa shape index (κ2) is 4.69. The average molecular weight is 200 g/mol. The summed E-state index contributed by atoms with van der Waals surface area (Å²) in [5.74, 6) is -1.65. The first-order valence-electron chi connectivity index (χ1n) is 4.16. The number of benzene rings is 1. The van der Waals surface area contributed by atoms with Gasteiger partial charge in [-0.3, -0.25) is 4.79 Å². The molecule has 0 heterocycles. The Morgan fingerprint density at radius 3 is 2.36 bits per heavy atom. The van der Waals surface area contributed by atoms with Crippen LogP contribution in [0, 0.1) is 11.6 Å². The summed E-state index contributed by atoms with van der Waals surface area (Å²) in [6.07, 6.45) is 0.314. The lowest BCUT2D eigenvalue weighted by Gasteiger charge is -2.02. The Balaban J connectivity index is 2.54. The number of hydrogen-bond acceptors (Lipinski definition) is 2. The molecule has 0 saturated heterocycles. The second-order valence-electron chi connectivity index (χ2n) is 2.87. The zero-order chi connectivity index (χ0) is 10.6. The molecule has 0 radical (unpaired) electrons. The Hall–Kier alpha value is -1.45. The Morgan fingerprint density at radius 2 is 1.86 bits per heavy atom. The van der Waals surface area contributed by atoms with Gasteiger partial charge in [0.05, 0.1) is 6.61 Å². The number of rotatable bonds is 3. The van der Waals surface area contributed by atoms with Crippen LogP contribution in [0.5, 0.6) is 0 Å². The van der Waals surface area contributed by atoms with Crippen LogP contribution < -0.4 is 0 Å². The number of hydrogen-bond donors (Lipinski definition) is 0. The molecule has 0 bridgehead atoms. The van der Waals surface area contributed by atoms with Crippen molar-refractivity contribution in [1.29, 1.82) is 0 Å². The standard InChI is InChI=1S/C10H10F2O2/c1-7(13)14-3-2-8-4-9(11)6-10(12)5-8/h4-6H,2-3H2,1H3. The van der Waals surface area contributed by atoms with Crippen molar-refractivity contribution in [2.24, 2.45) is 0 Å². The molecule has 0 aliphatic heterocycles. The van der Waals surface area contributed by atoms with Crippen molar-refractivity contribution in [1.82, 2.24) is 0 Å². The third-order valence-corrected chi connectivity index (χ3v) is 1.62. The lowest BCUT2D eigenvalue weighted by molar-refractivity contribution is -0.140. The normalized spacial score (nSPS) is 9.93. The summed E-state index contributed by atoms with van der Waals surface area (Å²) in [6.45, 7) is 1.42. The van der Waals surface area contributed by atoms with Crippen molar-refractivity contribution in [3.05, 3.63) is 35.4 Å². The smallest absolute Gasteiger partial charge is 0.302 e. The van der Waals surface area contributed by atoms with Gasteiger partial charge in [-0.1, -0.05) is 0 Å². The van der Waals surface area contributed by atoms with E-state index in [0.717, 1.165) is 6.07 Å². The van der Waals surface area contributed by atoms with Gasteiger partial charge in [-0.2, -0.15) is 0 Å². The van der Waals surface area contributed by atoms with E-state index in [1.54, 1.807) is 0 Å². The quantitative estimate of drug-likeness (QED) is 0.698. The van der Waals surface area contributed by atoms with Gasteiger partial charge in [-0.05, 0) is 17.7 Å². The Bertz CT molecular complexity index is 317. The van der Waals surface area contributed by atoms with Gasteiger partial charge in [0.2, 0.25) is 0 Å². The fraction of sp³-hybridized carbons (Fsp3) is 0.300. The molecule has 0 N–H and O–H groups in total. The fourth-order valence-electron chi connectivity index (χ4n) is 1.07. The summed E-state index contributed by atoms with van der Waals surface area (Å²) in [5, 5.41) is 0.